The van der Waals surface area contributed by atoms with Gasteiger partial charge in [0.15, 0.2) is 11.6 Å². The first-order valence-electron chi connectivity index (χ1n) is 8.19. The third-order valence-electron chi connectivity index (χ3n) is 4.24. The minimum atomic E-state index is -0.445. The first-order valence-corrected chi connectivity index (χ1v) is 8.19. The van der Waals surface area contributed by atoms with Gasteiger partial charge < -0.3 is 14.4 Å². The zero-order valence-corrected chi connectivity index (χ0v) is 14.0. The summed E-state index contributed by atoms with van der Waals surface area (Å²) < 4.78 is 24.4. The van der Waals surface area contributed by atoms with Crippen molar-refractivity contribution in [3.63, 3.8) is 0 Å². The van der Waals surface area contributed by atoms with Gasteiger partial charge in [0.25, 0.3) is 0 Å². The first-order chi connectivity index (χ1) is 12.2. The molecule has 2 heterocycles. The number of aromatic nitrogens is 2. The minimum absolute atomic E-state index is 0.0112. The van der Waals surface area contributed by atoms with Crippen LogP contribution in [0.1, 0.15) is 24.5 Å². The zero-order chi connectivity index (χ0) is 17.6. The second-order valence-electron chi connectivity index (χ2n) is 5.87. The van der Waals surface area contributed by atoms with Crippen molar-refractivity contribution in [1.82, 2.24) is 14.9 Å². The number of amides is 1. The molecule has 0 N–H and O–H groups in total. The number of carbonyl (C=O) groups excluding carboxylic acids is 1. The fourth-order valence-corrected chi connectivity index (χ4v) is 2.94. The molecule has 0 bridgehead atoms. The molecule has 0 atom stereocenters. The molecule has 0 aliphatic carbocycles. The Bertz CT molecular complexity index is 733. The zero-order valence-electron chi connectivity index (χ0n) is 14.0. The molecule has 6 nitrogen and oxygen atoms in total. The predicted molar refractivity (Wildman–Crippen MR) is 88.9 cm³/mol. The monoisotopic (exact) mass is 345 g/mol. The Morgan fingerprint density at radius 3 is 2.68 bits per heavy atom. The van der Waals surface area contributed by atoms with Gasteiger partial charge in [0.1, 0.15) is 12.3 Å². The van der Waals surface area contributed by atoms with E-state index >= 15 is 0 Å². The number of hydrogen-bond acceptors (Lipinski definition) is 5. The van der Waals surface area contributed by atoms with Gasteiger partial charge in [-0.3, -0.25) is 9.78 Å². The highest BCUT2D eigenvalue weighted by Gasteiger charge is 2.27. The highest BCUT2D eigenvalue weighted by Crippen LogP contribution is 2.34. The summed E-state index contributed by atoms with van der Waals surface area (Å²) in [5.41, 5.74) is 0.699. The molecule has 3 rings (SSSR count). The number of halogens is 1. The molecule has 1 amide bonds. The van der Waals surface area contributed by atoms with Gasteiger partial charge >= 0.3 is 0 Å². The largest absolute Gasteiger partial charge is 0.434 e. The number of benzene rings is 1. The van der Waals surface area contributed by atoms with Gasteiger partial charge in [-0.15, -0.1) is 0 Å². The maximum atomic E-state index is 13.8. The predicted octanol–water partition coefficient (Wildman–Crippen LogP) is 2.76. The normalized spacial score (nSPS) is 15.2. The van der Waals surface area contributed by atoms with Gasteiger partial charge in [-0.2, -0.15) is 0 Å². The number of para-hydroxylation sites is 1. The van der Waals surface area contributed by atoms with E-state index in [1.165, 1.54) is 19.4 Å². The van der Waals surface area contributed by atoms with E-state index in [-0.39, 0.29) is 24.2 Å². The molecule has 0 radical (unpaired) electrons. The summed E-state index contributed by atoms with van der Waals surface area (Å²) in [6, 6.07) is 6.20. The molecular formula is C18H20FN3O3. The fourth-order valence-electron chi connectivity index (χ4n) is 2.94. The Labute approximate surface area is 145 Å². The van der Waals surface area contributed by atoms with Gasteiger partial charge in [0.2, 0.25) is 11.8 Å². The average molecular weight is 345 g/mol. The van der Waals surface area contributed by atoms with Crippen molar-refractivity contribution in [2.45, 2.75) is 18.8 Å². The van der Waals surface area contributed by atoms with Gasteiger partial charge in [-0.05, 0) is 25.0 Å². The molecule has 0 unspecified atom stereocenters. The van der Waals surface area contributed by atoms with Crippen LogP contribution in [0.4, 0.5) is 4.39 Å². The maximum absolute atomic E-state index is 13.8. The van der Waals surface area contributed by atoms with Gasteiger partial charge in [-0.25, -0.2) is 9.37 Å². The molecule has 1 aliphatic heterocycles. The van der Waals surface area contributed by atoms with Gasteiger partial charge in [0, 0.05) is 38.5 Å². The number of hydrogen-bond donors (Lipinski definition) is 0. The number of carbonyl (C=O) groups is 1. The summed E-state index contributed by atoms with van der Waals surface area (Å²) in [4.78, 5) is 22.3. The molecule has 2 aromatic rings. The number of piperidine rings is 1. The van der Waals surface area contributed by atoms with E-state index in [1.807, 2.05) is 0 Å². The third kappa shape index (κ3) is 4.11. The van der Waals surface area contributed by atoms with Crippen LogP contribution in [0.25, 0.3) is 0 Å². The second kappa shape index (κ2) is 8.02. The van der Waals surface area contributed by atoms with E-state index in [2.05, 4.69) is 9.97 Å². The molecular weight excluding hydrogens is 325 g/mol. The molecule has 1 aromatic carbocycles. The van der Waals surface area contributed by atoms with E-state index < -0.39 is 5.82 Å². The molecule has 0 saturated carbocycles. The quantitative estimate of drug-likeness (QED) is 0.834. The van der Waals surface area contributed by atoms with Crippen molar-refractivity contribution in [3.05, 3.63) is 48.2 Å². The number of methoxy groups -OCH3 is 1. The topological polar surface area (TPSA) is 64.5 Å². The lowest BCUT2D eigenvalue weighted by Gasteiger charge is -2.31. The molecule has 0 spiro atoms. The van der Waals surface area contributed by atoms with Crippen molar-refractivity contribution < 1.29 is 18.7 Å². The van der Waals surface area contributed by atoms with E-state index in [0.29, 0.717) is 24.7 Å². The molecule has 7 heteroatoms. The molecule has 1 saturated heterocycles. The van der Waals surface area contributed by atoms with Crippen LogP contribution >= 0.6 is 0 Å². The van der Waals surface area contributed by atoms with E-state index in [0.717, 1.165) is 12.8 Å². The van der Waals surface area contributed by atoms with Crippen LogP contribution in [0.2, 0.25) is 0 Å². The van der Waals surface area contributed by atoms with Crippen LogP contribution in [-0.2, 0) is 9.53 Å². The minimum Gasteiger partial charge on any atom is -0.434 e. The van der Waals surface area contributed by atoms with Crippen LogP contribution < -0.4 is 4.74 Å². The molecule has 25 heavy (non-hydrogen) atoms. The number of rotatable bonds is 5. The fraction of sp³-hybridized carbons (Fsp3) is 0.389. The van der Waals surface area contributed by atoms with Crippen LogP contribution in [0.5, 0.6) is 11.6 Å². The number of ether oxygens (including phenoxy) is 2. The summed E-state index contributed by atoms with van der Waals surface area (Å²) >= 11 is 0. The average Bonchev–Trinajstić information content (AvgIpc) is 2.64. The maximum Gasteiger partial charge on any atom is 0.248 e. The Balaban J connectivity index is 1.72. The Kier molecular flexibility index (Phi) is 5.55. The van der Waals surface area contributed by atoms with Crippen LogP contribution in [0.15, 0.2) is 36.7 Å². The van der Waals surface area contributed by atoms with E-state index in [1.54, 1.807) is 29.3 Å². The SMILES string of the molecule is COCC(=O)N1CCC(c2nccnc2Oc2ccccc2F)CC1. The lowest BCUT2D eigenvalue weighted by Crippen LogP contribution is -2.39. The number of likely N-dealkylation sites (tertiary alicyclic amines) is 1. The summed E-state index contributed by atoms with van der Waals surface area (Å²) in [6.07, 6.45) is 4.63. The van der Waals surface area contributed by atoms with Crippen molar-refractivity contribution in [3.8, 4) is 11.6 Å². The molecule has 1 aliphatic rings. The molecule has 1 fully saturated rings. The standard InChI is InChI=1S/C18H20FN3O3/c1-24-12-16(23)22-10-6-13(7-11-22)17-18(21-9-8-20-17)25-15-5-3-2-4-14(15)19/h2-5,8-9,13H,6-7,10-12H2,1H3. The van der Waals surface area contributed by atoms with Crippen LogP contribution in [0, 0.1) is 5.82 Å². The third-order valence-corrected chi connectivity index (χ3v) is 4.24. The lowest BCUT2D eigenvalue weighted by atomic mass is 9.93. The molecule has 1 aromatic heterocycles. The van der Waals surface area contributed by atoms with E-state index in [4.69, 9.17) is 9.47 Å². The van der Waals surface area contributed by atoms with E-state index in [9.17, 15) is 9.18 Å². The van der Waals surface area contributed by atoms with Crippen molar-refractivity contribution >= 4 is 5.91 Å². The summed E-state index contributed by atoms with van der Waals surface area (Å²) in [7, 11) is 1.51. The van der Waals surface area contributed by atoms with Crippen LogP contribution in [-0.4, -0.2) is 47.6 Å². The first kappa shape index (κ1) is 17.3. The summed E-state index contributed by atoms with van der Waals surface area (Å²) in [5, 5.41) is 0. The Hall–Kier alpha value is -2.54. The lowest BCUT2D eigenvalue weighted by molar-refractivity contribution is -0.136. The van der Waals surface area contributed by atoms with Gasteiger partial charge in [0.05, 0.1) is 0 Å². The van der Waals surface area contributed by atoms with Crippen molar-refractivity contribution in [1.29, 1.82) is 0 Å². The Morgan fingerprint density at radius 1 is 1.24 bits per heavy atom. The van der Waals surface area contributed by atoms with Gasteiger partial charge in [-0.1, -0.05) is 12.1 Å². The second-order valence-corrected chi connectivity index (χ2v) is 5.87. The highest BCUT2D eigenvalue weighted by atomic mass is 19.1. The highest BCUT2D eigenvalue weighted by molar-refractivity contribution is 5.77. The summed E-state index contributed by atoms with van der Waals surface area (Å²) in [5.74, 6) is 0.0929. The Morgan fingerprint density at radius 2 is 1.96 bits per heavy atom. The number of nitrogens with zero attached hydrogens (tertiary/aromatic N) is 3. The molecule has 132 valence electrons. The smallest absolute Gasteiger partial charge is 0.248 e. The summed E-state index contributed by atoms with van der Waals surface area (Å²) in [6.45, 7) is 1.35. The van der Waals surface area contributed by atoms with Crippen LogP contribution in [0.3, 0.4) is 0 Å². The van der Waals surface area contributed by atoms with Crippen molar-refractivity contribution in [2.75, 3.05) is 26.8 Å². The van der Waals surface area contributed by atoms with Crippen molar-refractivity contribution in [2.24, 2.45) is 0 Å².